The molecule has 2 aromatic heterocycles. The summed E-state index contributed by atoms with van der Waals surface area (Å²) in [5.41, 5.74) is 6.05. The summed E-state index contributed by atoms with van der Waals surface area (Å²) in [6.45, 7) is -1.82. The molecular weight excluding hydrogens is 564 g/mol. The molecule has 0 aromatic carbocycles. The first kappa shape index (κ1) is 29.3. The SMILES string of the molecule is Nc1ncnc2c1ncn2[C@H]1O[C@@H](COP(=O)(O)OP(=O)(O)O[C@H]2O[C@H](CO)[C@@H](O)[C@H](O)[C@H]2O)[C@H](O)[C@@H]1O. The van der Waals surface area contributed by atoms with Crippen molar-refractivity contribution in [2.75, 3.05) is 18.9 Å². The van der Waals surface area contributed by atoms with Crippen molar-refractivity contribution in [2.45, 2.75) is 55.2 Å². The Morgan fingerprint density at radius 1 is 0.921 bits per heavy atom. The Morgan fingerprint density at radius 2 is 1.61 bits per heavy atom. The number of aromatic nitrogens is 4. The van der Waals surface area contributed by atoms with Gasteiger partial charge in [0.05, 0.1) is 19.5 Å². The molecule has 4 heterocycles. The van der Waals surface area contributed by atoms with Crippen LogP contribution in [0.2, 0.25) is 0 Å². The molecule has 11 atom stereocenters. The molecule has 0 bridgehead atoms. The fourth-order valence-electron chi connectivity index (χ4n) is 3.78. The number of aliphatic hydroxyl groups excluding tert-OH is 6. The molecule has 214 valence electrons. The highest BCUT2D eigenvalue weighted by atomic mass is 31.3. The van der Waals surface area contributed by atoms with Gasteiger partial charge in [0.15, 0.2) is 24.0 Å². The third-order valence-corrected chi connectivity index (χ3v) is 8.29. The second-order valence-corrected chi connectivity index (χ2v) is 11.2. The Morgan fingerprint density at radius 3 is 2.29 bits per heavy atom. The molecule has 0 radical (unpaired) electrons. The highest BCUT2D eigenvalue weighted by Gasteiger charge is 2.49. The lowest BCUT2D eigenvalue weighted by Crippen LogP contribution is -2.58. The largest absolute Gasteiger partial charge is 0.483 e. The molecule has 4 rings (SSSR count). The van der Waals surface area contributed by atoms with Gasteiger partial charge in [-0.15, -0.1) is 0 Å². The Kier molecular flexibility index (Phi) is 8.51. The first-order valence-electron chi connectivity index (χ1n) is 10.7. The molecule has 22 heteroatoms. The van der Waals surface area contributed by atoms with Crippen LogP contribution in [0.4, 0.5) is 5.82 Å². The van der Waals surface area contributed by atoms with Gasteiger partial charge in [-0.25, -0.2) is 24.1 Å². The molecule has 38 heavy (non-hydrogen) atoms. The number of imidazole rings is 1. The molecule has 0 amide bonds. The van der Waals surface area contributed by atoms with Gasteiger partial charge in [0.1, 0.15) is 54.6 Å². The summed E-state index contributed by atoms with van der Waals surface area (Å²) in [4.78, 5) is 31.5. The van der Waals surface area contributed by atoms with Gasteiger partial charge in [0, 0.05) is 0 Å². The van der Waals surface area contributed by atoms with E-state index in [1.54, 1.807) is 0 Å². The normalized spacial score (nSPS) is 37.2. The Labute approximate surface area is 212 Å². The van der Waals surface area contributed by atoms with Crippen LogP contribution in [-0.4, -0.2) is 122 Å². The van der Waals surface area contributed by atoms with Crippen LogP contribution in [-0.2, 0) is 32.0 Å². The Hall–Kier alpha value is -1.71. The molecule has 2 fully saturated rings. The number of nitrogen functional groups attached to an aromatic ring is 1. The van der Waals surface area contributed by atoms with Crippen LogP contribution in [0.5, 0.6) is 0 Å². The van der Waals surface area contributed by atoms with Crippen molar-refractivity contribution in [1.29, 1.82) is 0 Å². The standard InChI is InChI=1S/C16H25N5O15P2/c17-13-7-14(19-3-18-13)21(4-20-7)15-11(26)9(24)6(33-15)2-32-37(28,29)36-38(30,31)35-16-12(27)10(25)8(23)5(1-22)34-16/h3-6,8-12,15-16,22-27H,1-2H2,(H,28,29)(H,30,31)(H2,17,18,19)/t5-,6+,8-,9+,10+,11+,12-,15+,16-/m1/s1. The molecule has 0 aliphatic carbocycles. The highest BCUT2D eigenvalue weighted by molar-refractivity contribution is 7.61. The van der Waals surface area contributed by atoms with E-state index in [0.717, 1.165) is 6.33 Å². The predicted octanol–water partition coefficient (Wildman–Crippen LogP) is -3.92. The number of nitrogens with zero attached hydrogens (tertiary/aromatic N) is 4. The summed E-state index contributed by atoms with van der Waals surface area (Å²) < 4.78 is 49.3. The van der Waals surface area contributed by atoms with Gasteiger partial charge in [-0.2, -0.15) is 4.31 Å². The third kappa shape index (κ3) is 5.89. The number of ether oxygens (including phenoxy) is 2. The van der Waals surface area contributed by atoms with E-state index in [1.807, 2.05) is 0 Å². The molecule has 10 N–H and O–H groups in total. The molecular formula is C16H25N5O15P2. The third-order valence-electron chi connectivity index (χ3n) is 5.69. The minimum absolute atomic E-state index is 0.0411. The van der Waals surface area contributed by atoms with E-state index in [1.165, 1.54) is 10.9 Å². The quantitative estimate of drug-likeness (QED) is 0.126. The topological polar surface area (TPSA) is 312 Å². The number of aliphatic hydroxyl groups is 6. The van der Waals surface area contributed by atoms with Gasteiger partial charge in [-0.05, 0) is 0 Å². The number of fused-ring (bicyclic) bond motifs is 1. The monoisotopic (exact) mass is 589 g/mol. The van der Waals surface area contributed by atoms with Crippen molar-refractivity contribution >= 4 is 32.6 Å². The maximum absolute atomic E-state index is 12.3. The number of phosphoric ester groups is 2. The molecule has 2 aliphatic rings. The van der Waals surface area contributed by atoms with Crippen molar-refractivity contribution in [2.24, 2.45) is 0 Å². The van der Waals surface area contributed by atoms with Crippen LogP contribution in [0.15, 0.2) is 12.7 Å². The number of rotatable bonds is 9. The van der Waals surface area contributed by atoms with E-state index in [-0.39, 0.29) is 17.0 Å². The maximum Gasteiger partial charge on any atom is 0.483 e. The minimum Gasteiger partial charge on any atom is -0.394 e. The van der Waals surface area contributed by atoms with Crippen LogP contribution in [0.3, 0.4) is 0 Å². The molecule has 2 unspecified atom stereocenters. The molecule has 20 nitrogen and oxygen atoms in total. The number of phosphoric acid groups is 2. The van der Waals surface area contributed by atoms with Crippen molar-refractivity contribution in [1.82, 2.24) is 19.5 Å². The van der Waals surface area contributed by atoms with Crippen LogP contribution in [0.25, 0.3) is 11.2 Å². The van der Waals surface area contributed by atoms with Gasteiger partial charge >= 0.3 is 15.6 Å². The first-order chi connectivity index (χ1) is 17.7. The molecule has 0 saturated carbocycles. The van der Waals surface area contributed by atoms with Gasteiger partial charge in [0.2, 0.25) is 0 Å². The van der Waals surface area contributed by atoms with Crippen molar-refractivity contribution in [3.8, 4) is 0 Å². The zero-order valence-corrected chi connectivity index (χ0v) is 20.7. The number of hydrogen-bond acceptors (Lipinski definition) is 17. The summed E-state index contributed by atoms with van der Waals surface area (Å²) in [6, 6.07) is 0. The average Bonchev–Trinajstić information content (AvgIpc) is 3.39. The van der Waals surface area contributed by atoms with Crippen molar-refractivity contribution < 1.29 is 72.4 Å². The second-order valence-electron chi connectivity index (χ2n) is 8.25. The fraction of sp³-hybridized carbons (Fsp3) is 0.688. The zero-order valence-electron chi connectivity index (χ0n) is 19.0. The first-order valence-corrected chi connectivity index (χ1v) is 13.7. The van der Waals surface area contributed by atoms with Gasteiger partial charge < -0.3 is 55.6 Å². The molecule has 2 saturated heterocycles. The van der Waals surface area contributed by atoms with Crippen molar-refractivity contribution in [3.63, 3.8) is 0 Å². The molecule has 2 aliphatic heterocycles. The highest BCUT2D eigenvalue weighted by Crippen LogP contribution is 2.61. The fourth-order valence-corrected chi connectivity index (χ4v) is 5.94. The maximum atomic E-state index is 12.3. The summed E-state index contributed by atoms with van der Waals surface area (Å²) in [6.07, 6.45) is -13.3. The zero-order chi connectivity index (χ0) is 28.0. The van der Waals surface area contributed by atoms with E-state index in [0.29, 0.717) is 0 Å². The molecule has 0 spiro atoms. The van der Waals surface area contributed by atoms with Crippen LogP contribution in [0, 0.1) is 0 Å². The van der Waals surface area contributed by atoms with Gasteiger partial charge in [-0.3, -0.25) is 13.6 Å². The summed E-state index contributed by atoms with van der Waals surface area (Å²) in [7, 11) is -11.0. The lowest BCUT2D eigenvalue weighted by Gasteiger charge is -2.39. The van der Waals surface area contributed by atoms with Gasteiger partial charge in [0.25, 0.3) is 0 Å². The van der Waals surface area contributed by atoms with Crippen molar-refractivity contribution in [3.05, 3.63) is 12.7 Å². The van der Waals surface area contributed by atoms with E-state index in [4.69, 9.17) is 20.3 Å². The average molecular weight is 589 g/mol. The lowest BCUT2D eigenvalue weighted by molar-refractivity contribution is -0.280. The van der Waals surface area contributed by atoms with E-state index >= 15 is 0 Å². The summed E-state index contributed by atoms with van der Waals surface area (Å²) in [5, 5.41) is 59.2. The minimum atomic E-state index is -5.56. The number of nitrogens with two attached hydrogens (primary N) is 1. The van der Waals surface area contributed by atoms with E-state index in [2.05, 4.69) is 28.3 Å². The summed E-state index contributed by atoms with van der Waals surface area (Å²) in [5.74, 6) is 0.0411. The van der Waals surface area contributed by atoms with E-state index < -0.39 is 84.1 Å². The predicted molar refractivity (Wildman–Crippen MR) is 117 cm³/mol. The number of hydrogen-bond donors (Lipinski definition) is 9. The van der Waals surface area contributed by atoms with E-state index in [9.17, 15) is 44.4 Å². The van der Waals surface area contributed by atoms with Gasteiger partial charge in [-0.1, -0.05) is 0 Å². The Balaban J connectivity index is 1.38. The lowest BCUT2D eigenvalue weighted by atomic mass is 10.00. The van der Waals surface area contributed by atoms with Crippen LogP contribution in [0.1, 0.15) is 6.23 Å². The second kappa shape index (κ2) is 11.0. The smallest absolute Gasteiger partial charge is 0.394 e. The number of anilines is 1. The molecule has 2 aromatic rings. The van der Waals surface area contributed by atoms with Crippen LogP contribution < -0.4 is 5.73 Å². The summed E-state index contributed by atoms with van der Waals surface area (Å²) >= 11 is 0. The van der Waals surface area contributed by atoms with Crippen LogP contribution >= 0.6 is 15.6 Å². The Bertz CT molecular complexity index is 1230.